The number of benzene rings is 3. The molecule has 0 aromatic heterocycles. The van der Waals surface area contributed by atoms with Gasteiger partial charge in [0, 0.05) is 5.69 Å². The zero-order valence-electron chi connectivity index (χ0n) is 15.9. The van der Waals surface area contributed by atoms with Gasteiger partial charge in [-0.05, 0) is 75.2 Å². The van der Waals surface area contributed by atoms with E-state index in [-0.39, 0.29) is 11.1 Å². The summed E-state index contributed by atoms with van der Waals surface area (Å²) in [7, 11) is 0. The van der Waals surface area contributed by atoms with Gasteiger partial charge in [0.05, 0.1) is 11.1 Å². The van der Waals surface area contributed by atoms with Crippen LogP contribution in [-0.2, 0) is 11.1 Å². The van der Waals surface area contributed by atoms with Crippen molar-refractivity contribution in [2.75, 3.05) is 4.90 Å². The third-order valence-electron chi connectivity index (χ3n) is 5.44. The van der Waals surface area contributed by atoms with Crippen LogP contribution in [0.1, 0.15) is 38.8 Å². The Labute approximate surface area is 156 Å². The molecular formula is C24H25NO. The lowest BCUT2D eigenvalue weighted by atomic mass is 9.91. The highest BCUT2D eigenvalue weighted by Crippen LogP contribution is 2.51. The molecule has 26 heavy (non-hydrogen) atoms. The zero-order valence-corrected chi connectivity index (χ0v) is 15.9. The molecule has 4 rings (SSSR count). The lowest BCUT2D eigenvalue weighted by Crippen LogP contribution is -2.45. The van der Waals surface area contributed by atoms with Crippen molar-refractivity contribution in [3.05, 3.63) is 90.0 Å². The Morgan fingerprint density at radius 1 is 0.577 bits per heavy atom. The molecule has 0 spiro atoms. The molecule has 0 saturated heterocycles. The van der Waals surface area contributed by atoms with Crippen molar-refractivity contribution >= 4 is 5.69 Å². The van der Waals surface area contributed by atoms with Gasteiger partial charge in [-0.25, -0.2) is 0 Å². The van der Waals surface area contributed by atoms with Crippen LogP contribution in [0.15, 0.2) is 78.9 Å². The maximum atomic E-state index is 5.94. The molecule has 0 radical (unpaired) electrons. The quantitative estimate of drug-likeness (QED) is 0.540. The minimum Gasteiger partial charge on any atom is -0.457 e. The smallest absolute Gasteiger partial charge is 0.127 e. The zero-order chi connectivity index (χ0) is 18.4. The molecule has 1 heterocycles. The fourth-order valence-corrected chi connectivity index (χ4v) is 4.42. The van der Waals surface area contributed by atoms with Gasteiger partial charge in [-0.2, -0.15) is 0 Å². The van der Waals surface area contributed by atoms with Crippen molar-refractivity contribution in [1.29, 1.82) is 0 Å². The third kappa shape index (κ3) is 2.57. The summed E-state index contributed by atoms with van der Waals surface area (Å²) in [6.07, 6.45) is 0. The van der Waals surface area contributed by atoms with Crippen molar-refractivity contribution < 1.29 is 4.74 Å². The van der Waals surface area contributed by atoms with E-state index in [0.717, 1.165) is 11.5 Å². The number of hydrogen-bond acceptors (Lipinski definition) is 2. The normalized spacial score (nSPS) is 17.0. The Kier molecular flexibility index (Phi) is 3.80. The molecule has 0 bridgehead atoms. The maximum absolute atomic E-state index is 5.94. The molecular weight excluding hydrogens is 318 g/mol. The van der Waals surface area contributed by atoms with Crippen LogP contribution in [0, 0.1) is 0 Å². The number of rotatable bonds is 3. The second-order valence-corrected chi connectivity index (χ2v) is 7.91. The largest absolute Gasteiger partial charge is 0.457 e. The number of nitrogens with zero attached hydrogens (tertiary/aromatic N) is 1. The summed E-state index contributed by atoms with van der Waals surface area (Å²) in [6, 6.07) is 27.1. The molecule has 0 amide bonds. The summed E-state index contributed by atoms with van der Waals surface area (Å²) in [5.74, 6) is 1.71. The van der Waals surface area contributed by atoms with Crippen molar-refractivity contribution in [2.45, 2.75) is 38.8 Å². The minimum absolute atomic E-state index is 0.0676. The van der Waals surface area contributed by atoms with E-state index in [4.69, 9.17) is 4.74 Å². The van der Waals surface area contributed by atoms with Crippen molar-refractivity contribution in [3.8, 4) is 11.5 Å². The molecule has 2 heteroatoms. The Morgan fingerprint density at radius 3 is 1.58 bits per heavy atom. The van der Waals surface area contributed by atoms with E-state index in [2.05, 4.69) is 81.1 Å². The van der Waals surface area contributed by atoms with Crippen LogP contribution in [0.5, 0.6) is 11.5 Å². The van der Waals surface area contributed by atoms with Gasteiger partial charge in [0.2, 0.25) is 0 Å². The summed E-state index contributed by atoms with van der Waals surface area (Å²) in [4.78, 5) is 2.51. The van der Waals surface area contributed by atoms with Gasteiger partial charge in [-0.3, -0.25) is 0 Å². The minimum atomic E-state index is -0.0676. The molecule has 0 N–H and O–H groups in total. The van der Waals surface area contributed by atoms with Crippen LogP contribution in [0.25, 0.3) is 0 Å². The average molecular weight is 343 g/mol. The predicted octanol–water partition coefficient (Wildman–Crippen LogP) is 6.47. The van der Waals surface area contributed by atoms with Gasteiger partial charge in [0.1, 0.15) is 11.5 Å². The lowest BCUT2D eigenvalue weighted by molar-refractivity contribution is 0.403. The first-order valence-corrected chi connectivity index (χ1v) is 9.14. The highest BCUT2D eigenvalue weighted by atomic mass is 16.5. The molecule has 3 aromatic rings. The first-order valence-electron chi connectivity index (χ1n) is 9.14. The molecule has 132 valence electrons. The van der Waals surface area contributed by atoms with E-state index in [9.17, 15) is 0 Å². The van der Waals surface area contributed by atoms with Crippen molar-refractivity contribution in [2.24, 2.45) is 0 Å². The molecule has 0 atom stereocenters. The van der Waals surface area contributed by atoms with Gasteiger partial charge in [0.25, 0.3) is 0 Å². The van der Waals surface area contributed by atoms with Crippen LogP contribution in [0.3, 0.4) is 0 Å². The number of para-hydroxylation sites is 1. The Hall–Kier alpha value is -2.74. The Balaban J connectivity index is 1.67. The highest BCUT2D eigenvalue weighted by molar-refractivity contribution is 5.63. The molecule has 0 aliphatic carbocycles. The number of hydrogen-bond donors (Lipinski definition) is 0. The van der Waals surface area contributed by atoms with Crippen molar-refractivity contribution in [1.82, 2.24) is 0 Å². The van der Waals surface area contributed by atoms with Crippen LogP contribution in [0.4, 0.5) is 5.69 Å². The summed E-state index contributed by atoms with van der Waals surface area (Å²) in [5.41, 5.74) is 3.87. The van der Waals surface area contributed by atoms with Gasteiger partial charge < -0.3 is 9.64 Å². The lowest BCUT2D eigenvalue weighted by Gasteiger charge is -2.43. The summed E-state index contributed by atoms with van der Waals surface area (Å²) in [6.45, 7) is 9.20. The van der Waals surface area contributed by atoms with Crippen LogP contribution in [-0.4, -0.2) is 0 Å². The standard InChI is InChI=1S/C24H25NO/c1-23(2)21-12-8-9-13-22(21)24(3,4)25(23)18-14-16-20(17-15-18)26-19-10-6-5-7-11-19/h5-17H,1-4H3. The molecule has 0 fully saturated rings. The van der Waals surface area contributed by atoms with Crippen LogP contribution in [0.2, 0.25) is 0 Å². The monoisotopic (exact) mass is 343 g/mol. The van der Waals surface area contributed by atoms with E-state index in [1.807, 2.05) is 30.3 Å². The van der Waals surface area contributed by atoms with Gasteiger partial charge in [-0.1, -0.05) is 42.5 Å². The van der Waals surface area contributed by atoms with Gasteiger partial charge >= 0.3 is 0 Å². The summed E-state index contributed by atoms with van der Waals surface area (Å²) >= 11 is 0. The highest BCUT2D eigenvalue weighted by Gasteiger charge is 2.48. The molecule has 1 aliphatic heterocycles. The third-order valence-corrected chi connectivity index (χ3v) is 5.44. The number of ether oxygens (including phenoxy) is 1. The molecule has 0 saturated carbocycles. The predicted molar refractivity (Wildman–Crippen MR) is 108 cm³/mol. The second kappa shape index (κ2) is 5.91. The molecule has 1 aliphatic rings. The first-order chi connectivity index (χ1) is 12.4. The fraction of sp³-hybridized carbons (Fsp3) is 0.250. The Bertz CT molecular complexity index is 875. The SMILES string of the molecule is CC1(C)c2ccccc2C(C)(C)N1c1ccc(Oc2ccccc2)cc1. The maximum Gasteiger partial charge on any atom is 0.127 e. The molecule has 0 unspecified atom stereocenters. The first kappa shape index (κ1) is 16.7. The number of anilines is 1. The summed E-state index contributed by atoms with van der Waals surface area (Å²) < 4.78 is 5.94. The van der Waals surface area contributed by atoms with E-state index >= 15 is 0 Å². The Morgan fingerprint density at radius 2 is 1.04 bits per heavy atom. The van der Waals surface area contributed by atoms with E-state index in [0.29, 0.717) is 0 Å². The van der Waals surface area contributed by atoms with Crippen molar-refractivity contribution in [3.63, 3.8) is 0 Å². The van der Waals surface area contributed by atoms with Gasteiger partial charge in [-0.15, -0.1) is 0 Å². The van der Waals surface area contributed by atoms with Crippen LogP contribution < -0.4 is 9.64 Å². The summed E-state index contributed by atoms with van der Waals surface area (Å²) in [5, 5.41) is 0. The topological polar surface area (TPSA) is 12.5 Å². The van der Waals surface area contributed by atoms with E-state index in [1.54, 1.807) is 0 Å². The van der Waals surface area contributed by atoms with E-state index < -0.39 is 0 Å². The average Bonchev–Trinajstić information content (AvgIpc) is 2.80. The van der Waals surface area contributed by atoms with E-state index in [1.165, 1.54) is 16.8 Å². The molecule has 2 nitrogen and oxygen atoms in total. The fourth-order valence-electron chi connectivity index (χ4n) is 4.42. The van der Waals surface area contributed by atoms with Crippen LogP contribution >= 0.6 is 0 Å². The van der Waals surface area contributed by atoms with Gasteiger partial charge in [0.15, 0.2) is 0 Å². The molecule has 3 aromatic carbocycles. The number of fused-ring (bicyclic) bond motifs is 1. The second-order valence-electron chi connectivity index (χ2n) is 7.91.